The molecule has 0 spiro atoms. The largest absolute Gasteiger partial charge is 0.493 e. The monoisotopic (exact) mass is 371 g/mol. The molecule has 1 atom stereocenters. The van der Waals surface area contributed by atoms with E-state index in [2.05, 4.69) is 42.6 Å². The van der Waals surface area contributed by atoms with E-state index in [1.165, 1.54) is 16.7 Å². The number of rotatable bonds is 6. The van der Waals surface area contributed by atoms with Crippen LogP contribution >= 0.6 is 0 Å². The lowest BCUT2D eigenvalue weighted by atomic mass is 9.85. The van der Waals surface area contributed by atoms with Crippen molar-refractivity contribution in [2.45, 2.75) is 31.7 Å². The summed E-state index contributed by atoms with van der Waals surface area (Å²) in [7, 11) is 0. The highest BCUT2D eigenvalue weighted by molar-refractivity contribution is 5.79. The highest BCUT2D eigenvalue weighted by atomic mass is 16.5. The molecule has 28 heavy (non-hydrogen) atoms. The van der Waals surface area contributed by atoms with Gasteiger partial charge in [0.25, 0.3) is 0 Å². The summed E-state index contributed by atoms with van der Waals surface area (Å²) in [5, 5.41) is 3.22. The summed E-state index contributed by atoms with van der Waals surface area (Å²) < 4.78 is 5.55. The van der Waals surface area contributed by atoms with Gasteiger partial charge in [-0.1, -0.05) is 72.8 Å². The number of carbonyl (C=O) groups is 1. The molecule has 142 valence electrons. The van der Waals surface area contributed by atoms with Crippen molar-refractivity contribution in [3.63, 3.8) is 0 Å². The van der Waals surface area contributed by atoms with Crippen LogP contribution < -0.4 is 10.1 Å². The molecule has 3 heteroatoms. The van der Waals surface area contributed by atoms with Gasteiger partial charge in [-0.3, -0.25) is 4.79 Å². The minimum Gasteiger partial charge on any atom is -0.493 e. The van der Waals surface area contributed by atoms with Crippen LogP contribution in [0.15, 0.2) is 78.9 Å². The summed E-state index contributed by atoms with van der Waals surface area (Å²) in [6.45, 7) is 2.82. The zero-order valence-electron chi connectivity index (χ0n) is 16.1. The van der Waals surface area contributed by atoms with Crippen LogP contribution in [0.4, 0.5) is 0 Å². The molecule has 1 unspecified atom stereocenters. The summed E-state index contributed by atoms with van der Waals surface area (Å²) in [4.78, 5) is 12.7. The Balaban J connectivity index is 1.49. The molecule has 0 aliphatic carbocycles. The lowest BCUT2D eigenvalue weighted by molar-refractivity contribution is -0.121. The van der Waals surface area contributed by atoms with Gasteiger partial charge in [0.2, 0.25) is 5.91 Å². The van der Waals surface area contributed by atoms with Crippen molar-refractivity contribution in [2.75, 3.05) is 6.61 Å². The van der Waals surface area contributed by atoms with Crippen LogP contribution in [0.5, 0.6) is 5.75 Å². The molecule has 3 aromatic carbocycles. The Morgan fingerprint density at radius 3 is 2.25 bits per heavy atom. The first-order valence-electron chi connectivity index (χ1n) is 9.84. The maximum Gasteiger partial charge on any atom is 0.224 e. The Bertz CT molecular complexity index is 898. The first-order chi connectivity index (χ1) is 13.7. The van der Waals surface area contributed by atoms with Gasteiger partial charge in [-0.25, -0.2) is 0 Å². The number of hydrogen-bond acceptors (Lipinski definition) is 2. The van der Waals surface area contributed by atoms with Gasteiger partial charge in [-0.2, -0.15) is 0 Å². The van der Waals surface area contributed by atoms with Crippen LogP contribution in [-0.4, -0.2) is 18.6 Å². The Morgan fingerprint density at radius 2 is 1.61 bits per heavy atom. The molecule has 4 rings (SSSR count). The molecule has 0 radical (unpaired) electrons. The first kappa shape index (κ1) is 18.3. The summed E-state index contributed by atoms with van der Waals surface area (Å²) in [5.74, 6) is 1.11. The van der Waals surface area contributed by atoms with Crippen LogP contribution in [0.25, 0.3) is 0 Å². The van der Waals surface area contributed by atoms with E-state index in [0.717, 1.165) is 24.3 Å². The molecule has 0 fully saturated rings. The Labute approximate surface area is 166 Å². The third-order valence-corrected chi connectivity index (χ3v) is 5.32. The van der Waals surface area contributed by atoms with E-state index in [9.17, 15) is 4.79 Å². The van der Waals surface area contributed by atoms with Gasteiger partial charge in [0.15, 0.2) is 0 Å². The van der Waals surface area contributed by atoms with Gasteiger partial charge >= 0.3 is 0 Å². The van der Waals surface area contributed by atoms with Crippen molar-refractivity contribution in [1.29, 1.82) is 0 Å². The first-order valence-corrected chi connectivity index (χ1v) is 9.84. The molecule has 1 aliphatic rings. The highest BCUT2D eigenvalue weighted by Gasteiger charge is 2.23. The van der Waals surface area contributed by atoms with E-state index in [-0.39, 0.29) is 17.9 Å². The van der Waals surface area contributed by atoms with E-state index < -0.39 is 0 Å². The van der Waals surface area contributed by atoms with Crippen molar-refractivity contribution >= 4 is 5.91 Å². The quantitative estimate of drug-likeness (QED) is 0.693. The van der Waals surface area contributed by atoms with Crippen molar-refractivity contribution in [3.8, 4) is 5.75 Å². The number of amides is 1. The number of fused-ring (bicyclic) bond motifs is 1. The van der Waals surface area contributed by atoms with E-state index >= 15 is 0 Å². The van der Waals surface area contributed by atoms with E-state index in [1.54, 1.807) is 0 Å². The molecule has 1 N–H and O–H groups in total. The second-order valence-corrected chi connectivity index (χ2v) is 7.37. The zero-order chi connectivity index (χ0) is 19.3. The second kappa shape index (κ2) is 8.30. The van der Waals surface area contributed by atoms with Gasteiger partial charge in [0.1, 0.15) is 5.75 Å². The van der Waals surface area contributed by atoms with Gasteiger partial charge < -0.3 is 10.1 Å². The number of ether oxygens (including phenoxy) is 1. The lowest BCUT2D eigenvalue weighted by Gasteiger charge is -2.26. The fraction of sp³-hybridized carbons (Fsp3) is 0.240. The summed E-state index contributed by atoms with van der Waals surface area (Å²) in [5.41, 5.74) is 4.64. The van der Waals surface area contributed by atoms with Crippen LogP contribution in [0.3, 0.4) is 0 Å². The molecule has 0 aromatic heterocycles. The van der Waals surface area contributed by atoms with Crippen LogP contribution in [0.1, 0.15) is 35.1 Å². The molecule has 0 saturated heterocycles. The van der Waals surface area contributed by atoms with E-state index in [1.807, 2.05) is 48.5 Å². The Kier molecular flexibility index (Phi) is 5.43. The van der Waals surface area contributed by atoms with Crippen molar-refractivity contribution in [2.24, 2.45) is 0 Å². The Hall–Kier alpha value is -3.07. The maximum atomic E-state index is 12.7. The molecule has 1 amide bonds. The smallest absolute Gasteiger partial charge is 0.224 e. The SMILES string of the molecule is CC(NC(=O)Cc1ccc2c(c1)CCO2)C(c1ccccc1)c1ccccc1. The second-order valence-electron chi connectivity index (χ2n) is 7.37. The average molecular weight is 371 g/mol. The normalized spacial score (nSPS) is 13.6. The Morgan fingerprint density at radius 1 is 0.964 bits per heavy atom. The predicted octanol–water partition coefficient (Wildman–Crippen LogP) is 4.50. The minimum absolute atomic E-state index is 0.0185. The number of benzene rings is 3. The van der Waals surface area contributed by atoms with E-state index in [0.29, 0.717) is 6.42 Å². The van der Waals surface area contributed by atoms with Crippen molar-refractivity contribution < 1.29 is 9.53 Å². The molecular formula is C25H25NO2. The van der Waals surface area contributed by atoms with Crippen LogP contribution in [0.2, 0.25) is 0 Å². The summed E-state index contributed by atoms with van der Waals surface area (Å²) in [6.07, 6.45) is 1.30. The standard InChI is InChI=1S/C25H25NO2/c1-18(25(20-8-4-2-5-9-20)21-10-6-3-7-11-21)26-24(27)17-19-12-13-23-22(16-19)14-15-28-23/h2-13,16,18,25H,14-15,17H2,1H3,(H,26,27). The minimum atomic E-state index is -0.0185. The van der Waals surface area contributed by atoms with Crippen molar-refractivity contribution in [1.82, 2.24) is 5.32 Å². The van der Waals surface area contributed by atoms with Gasteiger partial charge in [-0.15, -0.1) is 0 Å². The van der Waals surface area contributed by atoms with Crippen LogP contribution in [0, 0.1) is 0 Å². The molecule has 0 bridgehead atoms. The molecule has 1 aliphatic heterocycles. The maximum absolute atomic E-state index is 12.7. The fourth-order valence-electron chi connectivity index (χ4n) is 4.01. The van der Waals surface area contributed by atoms with Crippen molar-refractivity contribution in [3.05, 3.63) is 101 Å². The predicted molar refractivity (Wildman–Crippen MR) is 112 cm³/mol. The van der Waals surface area contributed by atoms with Gasteiger partial charge in [0, 0.05) is 18.4 Å². The van der Waals surface area contributed by atoms with Gasteiger partial charge in [0.05, 0.1) is 13.0 Å². The number of carbonyl (C=O) groups excluding carboxylic acids is 1. The topological polar surface area (TPSA) is 38.3 Å². The fourth-order valence-corrected chi connectivity index (χ4v) is 4.01. The summed E-state index contributed by atoms with van der Waals surface area (Å²) >= 11 is 0. The third-order valence-electron chi connectivity index (χ3n) is 5.32. The lowest BCUT2D eigenvalue weighted by Crippen LogP contribution is -2.38. The van der Waals surface area contributed by atoms with E-state index in [4.69, 9.17) is 4.74 Å². The van der Waals surface area contributed by atoms with Crippen LogP contribution in [-0.2, 0) is 17.6 Å². The molecule has 3 nitrogen and oxygen atoms in total. The highest BCUT2D eigenvalue weighted by Crippen LogP contribution is 2.28. The molecule has 3 aromatic rings. The molecule has 1 heterocycles. The third kappa shape index (κ3) is 4.09. The molecule has 0 saturated carbocycles. The zero-order valence-corrected chi connectivity index (χ0v) is 16.1. The number of hydrogen-bond donors (Lipinski definition) is 1. The average Bonchev–Trinajstić information content (AvgIpc) is 3.17. The number of nitrogens with one attached hydrogen (secondary N) is 1. The summed E-state index contributed by atoms with van der Waals surface area (Å²) in [6, 6.07) is 26.8. The molecular weight excluding hydrogens is 346 g/mol. The van der Waals surface area contributed by atoms with Gasteiger partial charge in [-0.05, 0) is 35.2 Å².